The Balaban J connectivity index is 1.21. The van der Waals surface area contributed by atoms with Gasteiger partial charge in [0.05, 0.1) is 0 Å². The first-order valence-corrected chi connectivity index (χ1v) is 10.6. The highest BCUT2D eigenvalue weighted by molar-refractivity contribution is 5.91. The van der Waals surface area contributed by atoms with Crippen LogP contribution in [-0.2, 0) is 0 Å². The fourth-order valence-corrected chi connectivity index (χ4v) is 3.96. The van der Waals surface area contributed by atoms with Gasteiger partial charge in [0.1, 0.15) is 11.5 Å². The number of fused-ring (bicyclic) bond motifs is 2. The summed E-state index contributed by atoms with van der Waals surface area (Å²) in [5, 5.41) is 3.80. The minimum atomic E-state index is -0.413. The van der Waals surface area contributed by atoms with Crippen LogP contribution in [0.1, 0.15) is 0 Å². The van der Waals surface area contributed by atoms with Gasteiger partial charge in [-0.25, -0.2) is 9.59 Å². The van der Waals surface area contributed by atoms with Crippen LogP contribution in [0.3, 0.4) is 0 Å². The number of benzene rings is 4. The third kappa shape index (κ3) is 3.95. The number of ether oxygens (including phenoxy) is 2. The lowest BCUT2D eigenvalue weighted by Gasteiger charge is -2.33. The van der Waals surface area contributed by atoms with Crippen molar-refractivity contribution >= 4 is 33.7 Å². The van der Waals surface area contributed by atoms with Crippen LogP contribution in [0.5, 0.6) is 11.5 Å². The van der Waals surface area contributed by atoms with Crippen molar-refractivity contribution in [3.8, 4) is 11.5 Å². The molecule has 1 aliphatic rings. The Morgan fingerprint density at radius 2 is 0.906 bits per heavy atom. The van der Waals surface area contributed by atoms with Crippen LogP contribution in [0, 0.1) is 0 Å². The standard InChI is InChI=1S/C26H22N2O4/c29-25(31-23-13-5-9-19-7-1-3-11-21(19)23)27-15-17-28(18-16-27)26(30)32-24-14-6-10-20-8-2-4-12-22(20)24/h1-14H,15-18H2. The molecule has 1 heterocycles. The highest BCUT2D eigenvalue weighted by Gasteiger charge is 2.27. The number of hydrogen-bond acceptors (Lipinski definition) is 4. The van der Waals surface area contributed by atoms with E-state index in [1.54, 1.807) is 21.9 Å². The average Bonchev–Trinajstić information content (AvgIpc) is 2.84. The topological polar surface area (TPSA) is 59.1 Å². The van der Waals surface area contributed by atoms with E-state index in [1.807, 2.05) is 72.8 Å². The number of nitrogens with zero attached hydrogens (tertiary/aromatic N) is 2. The average molecular weight is 426 g/mol. The van der Waals surface area contributed by atoms with Gasteiger partial charge in [-0.2, -0.15) is 0 Å². The van der Waals surface area contributed by atoms with Crippen LogP contribution < -0.4 is 9.47 Å². The maximum absolute atomic E-state index is 12.7. The molecule has 1 fully saturated rings. The molecule has 1 saturated heterocycles. The maximum Gasteiger partial charge on any atom is 0.415 e. The molecule has 0 aliphatic carbocycles. The summed E-state index contributed by atoms with van der Waals surface area (Å²) in [5.74, 6) is 1.07. The highest BCUT2D eigenvalue weighted by Crippen LogP contribution is 2.27. The first-order chi connectivity index (χ1) is 15.7. The van der Waals surface area contributed by atoms with E-state index in [9.17, 15) is 9.59 Å². The first kappa shape index (κ1) is 19.9. The van der Waals surface area contributed by atoms with Gasteiger partial charge in [-0.15, -0.1) is 0 Å². The van der Waals surface area contributed by atoms with Gasteiger partial charge in [-0.3, -0.25) is 0 Å². The highest BCUT2D eigenvalue weighted by atomic mass is 16.6. The molecular formula is C26H22N2O4. The second-order valence-corrected chi connectivity index (χ2v) is 7.66. The van der Waals surface area contributed by atoms with Crippen LogP contribution in [0.4, 0.5) is 9.59 Å². The largest absolute Gasteiger partial charge is 0.415 e. The molecule has 0 N–H and O–H groups in total. The zero-order valence-corrected chi connectivity index (χ0v) is 17.4. The number of carbonyl (C=O) groups is 2. The predicted molar refractivity (Wildman–Crippen MR) is 123 cm³/mol. The molecule has 0 spiro atoms. The summed E-state index contributed by atoms with van der Waals surface area (Å²) in [6.45, 7) is 1.53. The van der Waals surface area contributed by atoms with Crippen molar-refractivity contribution in [3.05, 3.63) is 84.9 Å². The number of carbonyl (C=O) groups excluding carboxylic acids is 2. The molecule has 1 aliphatic heterocycles. The molecule has 0 bridgehead atoms. The Labute approximate surface area is 185 Å². The van der Waals surface area contributed by atoms with E-state index in [0.717, 1.165) is 21.5 Å². The Morgan fingerprint density at radius 1 is 0.531 bits per heavy atom. The molecule has 32 heavy (non-hydrogen) atoms. The van der Waals surface area contributed by atoms with Crippen LogP contribution in [0.2, 0.25) is 0 Å². The van der Waals surface area contributed by atoms with E-state index < -0.39 is 12.2 Å². The Hall–Kier alpha value is -4.06. The minimum absolute atomic E-state index is 0.383. The van der Waals surface area contributed by atoms with E-state index >= 15 is 0 Å². The van der Waals surface area contributed by atoms with E-state index in [1.165, 1.54) is 0 Å². The second-order valence-electron chi connectivity index (χ2n) is 7.66. The Bertz CT molecular complexity index is 1180. The molecule has 2 amide bonds. The third-order valence-electron chi connectivity index (χ3n) is 5.69. The summed E-state index contributed by atoms with van der Waals surface area (Å²) < 4.78 is 11.3. The van der Waals surface area contributed by atoms with Crippen molar-refractivity contribution in [3.63, 3.8) is 0 Å². The number of hydrogen-bond donors (Lipinski definition) is 0. The fourth-order valence-electron chi connectivity index (χ4n) is 3.96. The fraction of sp³-hybridized carbons (Fsp3) is 0.154. The van der Waals surface area contributed by atoms with Crippen molar-refractivity contribution in [1.82, 2.24) is 9.80 Å². The smallest absolute Gasteiger partial charge is 0.410 e. The summed E-state index contributed by atoms with van der Waals surface area (Å²) in [5.41, 5.74) is 0. The number of amides is 2. The summed E-state index contributed by atoms with van der Waals surface area (Å²) in [6.07, 6.45) is -0.827. The summed E-state index contributed by atoms with van der Waals surface area (Å²) in [7, 11) is 0. The molecule has 6 nitrogen and oxygen atoms in total. The van der Waals surface area contributed by atoms with E-state index in [-0.39, 0.29) is 0 Å². The van der Waals surface area contributed by atoms with Crippen LogP contribution in [-0.4, -0.2) is 48.2 Å². The van der Waals surface area contributed by atoms with Gasteiger partial charge in [-0.1, -0.05) is 72.8 Å². The molecule has 6 heteroatoms. The van der Waals surface area contributed by atoms with E-state index in [2.05, 4.69) is 0 Å². The molecule has 4 aromatic rings. The van der Waals surface area contributed by atoms with Crippen molar-refractivity contribution in [1.29, 1.82) is 0 Å². The maximum atomic E-state index is 12.7. The zero-order chi connectivity index (χ0) is 21.9. The van der Waals surface area contributed by atoms with Gasteiger partial charge in [-0.05, 0) is 22.9 Å². The number of rotatable bonds is 2. The zero-order valence-electron chi connectivity index (χ0n) is 17.4. The molecule has 0 radical (unpaired) electrons. The van der Waals surface area contributed by atoms with Gasteiger partial charge in [0.25, 0.3) is 0 Å². The van der Waals surface area contributed by atoms with Gasteiger partial charge < -0.3 is 19.3 Å². The molecule has 4 aromatic carbocycles. The molecule has 160 valence electrons. The van der Waals surface area contributed by atoms with Gasteiger partial charge in [0.15, 0.2) is 0 Å². The Kier molecular flexibility index (Phi) is 5.34. The monoisotopic (exact) mass is 426 g/mol. The van der Waals surface area contributed by atoms with E-state index in [0.29, 0.717) is 37.7 Å². The lowest BCUT2D eigenvalue weighted by Crippen LogP contribution is -2.52. The van der Waals surface area contributed by atoms with Gasteiger partial charge >= 0.3 is 12.2 Å². The third-order valence-corrected chi connectivity index (χ3v) is 5.69. The van der Waals surface area contributed by atoms with Crippen molar-refractivity contribution in [2.75, 3.05) is 26.2 Å². The molecule has 5 rings (SSSR count). The van der Waals surface area contributed by atoms with Gasteiger partial charge in [0.2, 0.25) is 0 Å². The SMILES string of the molecule is O=C(Oc1cccc2ccccc12)N1CCN(C(=O)Oc2cccc3ccccc23)CC1. The molecule has 0 saturated carbocycles. The van der Waals surface area contributed by atoms with Crippen LogP contribution in [0.15, 0.2) is 84.9 Å². The van der Waals surface area contributed by atoms with Crippen molar-refractivity contribution in [2.24, 2.45) is 0 Å². The summed E-state index contributed by atoms with van der Waals surface area (Å²) >= 11 is 0. The molecular weight excluding hydrogens is 404 g/mol. The van der Waals surface area contributed by atoms with Crippen LogP contribution in [0.25, 0.3) is 21.5 Å². The number of piperazine rings is 1. The molecule has 0 aromatic heterocycles. The normalized spacial score (nSPS) is 13.9. The summed E-state index contributed by atoms with van der Waals surface area (Å²) in [6, 6.07) is 26.8. The lowest BCUT2D eigenvalue weighted by atomic mass is 10.1. The van der Waals surface area contributed by atoms with E-state index in [4.69, 9.17) is 9.47 Å². The Morgan fingerprint density at radius 3 is 1.34 bits per heavy atom. The van der Waals surface area contributed by atoms with Crippen molar-refractivity contribution in [2.45, 2.75) is 0 Å². The first-order valence-electron chi connectivity index (χ1n) is 10.6. The van der Waals surface area contributed by atoms with Crippen molar-refractivity contribution < 1.29 is 19.1 Å². The summed E-state index contributed by atoms with van der Waals surface area (Å²) in [4.78, 5) is 28.6. The van der Waals surface area contributed by atoms with Crippen LogP contribution >= 0.6 is 0 Å². The lowest BCUT2D eigenvalue weighted by molar-refractivity contribution is 0.101. The van der Waals surface area contributed by atoms with Gasteiger partial charge in [0, 0.05) is 37.0 Å². The second kappa shape index (κ2) is 8.59. The quantitative estimate of drug-likeness (QED) is 0.436. The molecule has 0 unspecified atom stereocenters. The predicted octanol–water partition coefficient (Wildman–Crippen LogP) is 5.31. The minimum Gasteiger partial charge on any atom is -0.410 e. The molecule has 0 atom stereocenters.